The number of amides is 2. The summed E-state index contributed by atoms with van der Waals surface area (Å²) in [6.45, 7) is 1.19. The Morgan fingerprint density at radius 1 is 0.935 bits per heavy atom. The molecular weight excluding hydrogens is 431 g/mol. The third-order valence-electron chi connectivity index (χ3n) is 4.63. The number of urea groups is 1. The van der Waals surface area contributed by atoms with Gasteiger partial charge in [-0.05, 0) is 67.7 Å². The number of nitriles is 1. The van der Waals surface area contributed by atoms with Gasteiger partial charge in [0.25, 0.3) is 0 Å². The molecule has 2 amide bonds. The minimum absolute atomic E-state index is 0.278. The SMILES string of the molecule is CN(C)CCN(C(=O)Nc1cc(Cl)cc(Cl)c1)c1ccc(-c2cccc(C#N)c2)cc1. The minimum Gasteiger partial charge on any atom is -0.308 e. The zero-order chi connectivity index (χ0) is 22.4. The third kappa shape index (κ3) is 6.22. The van der Waals surface area contributed by atoms with Crippen LogP contribution < -0.4 is 10.2 Å². The van der Waals surface area contributed by atoms with Crippen LogP contribution in [0, 0.1) is 11.3 Å². The van der Waals surface area contributed by atoms with Crippen LogP contribution in [0.3, 0.4) is 0 Å². The molecule has 0 saturated carbocycles. The monoisotopic (exact) mass is 452 g/mol. The van der Waals surface area contributed by atoms with Gasteiger partial charge in [0, 0.05) is 34.5 Å². The summed E-state index contributed by atoms with van der Waals surface area (Å²) in [4.78, 5) is 16.7. The van der Waals surface area contributed by atoms with Crippen LogP contribution in [-0.4, -0.2) is 38.1 Å². The van der Waals surface area contributed by atoms with E-state index in [0.29, 0.717) is 34.4 Å². The fourth-order valence-electron chi connectivity index (χ4n) is 3.07. The van der Waals surface area contributed by atoms with E-state index >= 15 is 0 Å². The molecule has 0 spiro atoms. The lowest BCUT2D eigenvalue weighted by atomic mass is 10.0. The highest BCUT2D eigenvalue weighted by Gasteiger charge is 2.17. The lowest BCUT2D eigenvalue weighted by Gasteiger charge is -2.25. The number of carbonyl (C=O) groups is 1. The molecule has 0 radical (unpaired) electrons. The second kappa shape index (κ2) is 10.3. The molecule has 0 aliphatic rings. The number of halogens is 2. The van der Waals surface area contributed by atoms with Gasteiger partial charge in [-0.1, -0.05) is 47.5 Å². The molecule has 3 aromatic rings. The number of anilines is 2. The molecule has 3 aromatic carbocycles. The normalized spacial score (nSPS) is 10.6. The van der Waals surface area contributed by atoms with Crippen LogP contribution in [0.1, 0.15) is 5.56 Å². The van der Waals surface area contributed by atoms with E-state index in [1.54, 1.807) is 29.2 Å². The maximum absolute atomic E-state index is 13.1. The smallest absolute Gasteiger partial charge is 0.308 e. The molecule has 0 fully saturated rings. The van der Waals surface area contributed by atoms with Crippen molar-refractivity contribution in [1.29, 1.82) is 5.26 Å². The molecule has 0 aromatic heterocycles. The van der Waals surface area contributed by atoms with Crippen molar-refractivity contribution >= 4 is 40.6 Å². The first-order valence-corrected chi connectivity index (χ1v) is 10.4. The van der Waals surface area contributed by atoms with Gasteiger partial charge in [0.15, 0.2) is 0 Å². The number of benzene rings is 3. The molecule has 0 saturated heterocycles. The van der Waals surface area contributed by atoms with Crippen LogP contribution in [-0.2, 0) is 0 Å². The van der Waals surface area contributed by atoms with Crippen LogP contribution in [0.4, 0.5) is 16.2 Å². The standard InChI is InChI=1S/C24H22Cl2N4O/c1-29(2)10-11-30(24(31)28-22-14-20(25)13-21(26)15-22)23-8-6-18(7-9-23)19-5-3-4-17(12-19)16-27/h3-9,12-15H,10-11H2,1-2H3,(H,28,31). The minimum atomic E-state index is -0.278. The topological polar surface area (TPSA) is 59.4 Å². The van der Waals surface area contributed by atoms with Gasteiger partial charge < -0.3 is 10.2 Å². The summed E-state index contributed by atoms with van der Waals surface area (Å²) < 4.78 is 0. The summed E-state index contributed by atoms with van der Waals surface area (Å²) in [5, 5.41) is 12.9. The van der Waals surface area contributed by atoms with E-state index in [0.717, 1.165) is 16.8 Å². The van der Waals surface area contributed by atoms with Crippen molar-refractivity contribution in [2.24, 2.45) is 0 Å². The fourth-order valence-corrected chi connectivity index (χ4v) is 3.59. The summed E-state index contributed by atoms with van der Waals surface area (Å²) >= 11 is 12.1. The van der Waals surface area contributed by atoms with Gasteiger partial charge in [-0.25, -0.2) is 4.79 Å². The zero-order valence-corrected chi connectivity index (χ0v) is 18.8. The van der Waals surface area contributed by atoms with Crippen molar-refractivity contribution in [3.63, 3.8) is 0 Å². The molecule has 0 aliphatic heterocycles. The van der Waals surface area contributed by atoms with Crippen molar-refractivity contribution in [2.45, 2.75) is 0 Å². The first kappa shape index (κ1) is 22.6. The van der Waals surface area contributed by atoms with Crippen molar-refractivity contribution in [1.82, 2.24) is 4.90 Å². The Morgan fingerprint density at radius 3 is 2.23 bits per heavy atom. The first-order chi connectivity index (χ1) is 14.9. The number of hydrogen-bond donors (Lipinski definition) is 1. The van der Waals surface area contributed by atoms with Crippen LogP contribution in [0.5, 0.6) is 0 Å². The second-order valence-electron chi connectivity index (χ2n) is 7.28. The number of likely N-dealkylation sites (N-methyl/N-ethyl adjacent to an activating group) is 1. The van der Waals surface area contributed by atoms with Gasteiger partial charge in [-0.2, -0.15) is 5.26 Å². The van der Waals surface area contributed by atoms with Crippen LogP contribution in [0.15, 0.2) is 66.7 Å². The maximum atomic E-state index is 13.1. The summed E-state index contributed by atoms with van der Waals surface area (Å²) in [6.07, 6.45) is 0. The molecule has 0 atom stereocenters. The number of nitrogens with one attached hydrogen (secondary N) is 1. The highest BCUT2D eigenvalue weighted by atomic mass is 35.5. The lowest BCUT2D eigenvalue weighted by Crippen LogP contribution is -2.39. The van der Waals surface area contributed by atoms with Crippen molar-refractivity contribution in [3.8, 4) is 17.2 Å². The molecule has 3 rings (SSSR count). The Morgan fingerprint density at radius 2 is 1.61 bits per heavy atom. The number of carbonyl (C=O) groups excluding carboxylic acids is 1. The van der Waals surface area contributed by atoms with Crippen LogP contribution in [0.2, 0.25) is 10.0 Å². The quantitative estimate of drug-likeness (QED) is 0.488. The first-order valence-electron chi connectivity index (χ1n) is 9.65. The largest absolute Gasteiger partial charge is 0.326 e. The summed E-state index contributed by atoms with van der Waals surface area (Å²) in [6, 6.07) is 21.9. The highest BCUT2D eigenvalue weighted by molar-refractivity contribution is 6.35. The molecule has 0 bridgehead atoms. The predicted molar refractivity (Wildman–Crippen MR) is 128 cm³/mol. The van der Waals surface area contributed by atoms with E-state index in [1.807, 2.05) is 61.5 Å². The Labute approximate surface area is 192 Å². The highest BCUT2D eigenvalue weighted by Crippen LogP contribution is 2.26. The molecule has 7 heteroatoms. The zero-order valence-electron chi connectivity index (χ0n) is 17.3. The van der Waals surface area contributed by atoms with Crippen molar-refractivity contribution < 1.29 is 4.79 Å². The van der Waals surface area contributed by atoms with Gasteiger partial charge in [-0.3, -0.25) is 4.90 Å². The predicted octanol–water partition coefficient (Wildman–Crippen LogP) is 6.13. The average molecular weight is 453 g/mol. The molecule has 0 aliphatic carbocycles. The average Bonchev–Trinajstić information content (AvgIpc) is 2.73. The number of rotatable bonds is 6. The molecule has 0 unspecified atom stereocenters. The maximum Gasteiger partial charge on any atom is 0.326 e. The van der Waals surface area contributed by atoms with Gasteiger partial charge in [-0.15, -0.1) is 0 Å². The number of nitrogens with zero attached hydrogens (tertiary/aromatic N) is 3. The Kier molecular flexibility index (Phi) is 7.54. The second-order valence-corrected chi connectivity index (χ2v) is 8.16. The van der Waals surface area contributed by atoms with Crippen molar-refractivity contribution in [2.75, 3.05) is 37.4 Å². The third-order valence-corrected chi connectivity index (χ3v) is 5.07. The van der Waals surface area contributed by atoms with Gasteiger partial charge in [0.2, 0.25) is 0 Å². The Balaban J connectivity index is 1.85. The van der Waals surface area contributed by atoms with Gasteiger partial charge in [0.05, 0.1) is 11.6 Å². The summed E-state index contributed by atoms with van der Waals surface area (Å²) in [5.74, 6) is 0. The lowest BCUT2D eigenvalue weighted by molar-refractivity contribution is 0.256. The van der Waals surface area contributed by atoms with Gasteiger partial charge >= 0.3 is 6.03 Å². The van der Waals surface area contributed by atoms with E-state index < -0.39 is 0 Å². The molecule has 31 heavy (non-hydrogen) atoms. The van der Waals surface area contributed by atoms with E-state index in [2.05, 4.69) is 11.4 Å². The molecule has 0 heterocycles. The molecule has 1 N–H and O–H groups in total. The molecular formula is C24H22Cl2N4O. The van der Waals surface area contributed by atoms with E-state index in [9.17, 15) is 4.79 Å². The molecule has 158 valence electrons. The van der Waals surface area contributed by atoms with E-state index in [1.165, 1.54) is 0 Å². The fraction of sp³-hybridized carbons (Fsp3) is 0.167. The van der Waals surface area contributed by atoms with Crippen LogP contribution in [0.25, 0.3) is 11.1 Å². The van der Waals surface area contributed by atoms with Crippen LogP contribution >= 0.6 is 23.2 Å². The Bertz CT molecular complexity index is 1090. The van der Waals surface area contributed by atoms with Crippen molar-refractivity contribution in [3.05, 3.63) is 82.3 Å². The van der Waals surface area contributed by atoms with Gasteiger partial charge in [0.1, 0.15) is 0 Å². The number of hydrogen-bond acceptors (Lipinski definition) is 3. The summed E-state index contributed by atoms with van der Waals surface area (Å²) in [7, 11) is 3.91. The molecule has 5 nitrogen and oxygen atoms in total. The van der Waals surface area contributed by atoms with E-state index in [-0.39, 0.29) is 6.03 Å². The Hall–Kier alpha value is -3.04. The van der Waals surface area contributed by atoms with E-state index in [4.69, 9.17) is 28.5 Å². The summed E-state index contributed by atoms with van der Waals surface area (Å²) in [5.41, 5.74) is 3.81.